The molecule has 0 spiro atoms. The second kappa shape index (κ2) is 8.91. The summed E-state index contributed by atoms with van der Waals surface area (Å²) in [7, 11) is 0. The van der Waals surface area contributed by atoms with Gasteiger partial charge < -0.3 is 14.3 Å². The number of non-ortho nitro benzene ring substituents is 1. The zero-order valence-electron chi connectivity index (χ0n) is 17.6. The van der Waals surface area contributed by atoms with E-state index in [4.69, 9.17) is 16.1 Å². The maximum atomic E-state index is 12.9. The van der Waals surface area contributed by atoms with E-state index in [0.717, 1.165) is 11.4 Å². The first-order valence-corrected chi connectivity index (χ1v) is 10.5. The summed E-state index contributed by atoms with van der Waals surface area (Å²) in [5, 5.41) is 15.2. The Morgan fingerprint density at radius 2 is 1.94 bits per heavy atom. The number of rotatable bonds is 5. The summed E-state index contributed by atoms with van der Waals surface area (Å²) < 4.78 is 5.24. The maximum Gasteiger partial charge on any atom is 0.270 e. The number of aromatic nitrogens is 3. The van der Waals surface area contributed by atoms with Crippen molar-refractivity contribution in [1.29, 1.82) is 0 Å². The first kappa shape index (κ1) is 21.7. The fourth-order valence-corrected chi connectivity index (χ4v) is 3.59. The number of carbonyl (C=O) groups excluding carboxylic acids is 1. The fraction of sp³-hybridized carbons (Fsp3) is 0.333. The van der Waals surface area contributed by atoms with E-state index in [1.807, 2.05) is 26.0 Å². The number of pyridine rings is 1. The largest absolute Gasteiger partial charge is 0.353 e. The molecule has 1 amide bonds. The van der Waals surface area contributed by atoms with E-state index in [0.29, 0.717) is 37.9 Å². The Bertz CT molecular complexity index is 1140. The predicted molar refractivity (Wildman–Crippen MR) is 118 cm³/mol. The van der Waals surface area contributed by atoms with E-state index in [1.165, 1.54) is 18.2 Å². The monoisotopic (exact) mass is 456 g/mol. The Morgan fingerprint density at radius 1 is 1.19 bits per heavy atom. The van der Waals surface area contributed by atoms with Gasteiger partial charge in [-0.3, -0.25) is 14.9 Å². The Kier molecular flexibility index (Phi) is 6.04. The SMILES string of the molecule is CC(C)c1nc(-c2ccc(N3CCN(C(=O)c4cc([N+](=O)[O-])ccc4Cl)CC3)nc2)no1. The molecule has 0 aliphatic carbocycles. The third-order valence-electron chi connectivity index (χ3n) is 5.22. The minimum absolute atomic E-state index is 0.137. The molecule has 3 aromatic rings. The highest BCUT2D eigenvalue weighted by Crippen LogP contribution is 2.25. The van der Waals surface area contributed by atoms with Gasteiger partial charge in [0.1, 0.15) is 5.82 Å². The van der Waals surface area contributed by atoms with Crippen LogP contribution in [0.1, 0.15) is 36.0 Å². The molecule has 0 unspecified atom stereocenters. The van der Waals surface area contributed by atoms with Crippen LogP contribution in [-0.4, -0.2) is 57.0 Å². The van der Waals surface area contributed by atoms with Crippen molar-refractivity contribution in [3.8, 4) is 11.4 Å². The minimum Gasteiger partial charge on any atom is -0.353 e. The van der Waals surface area contributed by atoms with Gasteiger partial charge in [-0.1, -0.05) is 30.6 Å². The third-order valence-corrected chi connectivity index (χ3v) is 5.55. The number of amides is 1. The zero-order valence-corrected chi connectivity index (χ0v) is 18.3. The lowest BCUT2D eigenvalue weighted by molar-refractivity contribution is -0.384. The number of halogens is 1. The molecule has 0 saturated carbocycles. The van der Waals surface area contributed by atoms with E-state index in [-0.39, 0.29) is 28.1 Å². The van der Waals surface area contributed by atoms with Gasteiger partial charge in [0.15, 0.2) is 0 Å². The summed E-state index contributed by atoms with van der Waals surface area (Å²) in [6.07, 6.45) is 1.70. The first-order chi connectivity index (χ1) is 15.3. The molecular formula is C21H21ClN6O4. The number of nitro groups is 1. The summed E-state index contributed by atoms with van der Waals surface area (Å²) in [6.45, 7) is 6.01. The molecule has 3 heterocycles. The standard InChI is InChI=1S/C21H21ClN6O4/c1-13(2)20-24-19(25-32-20)14-3-6-18(23-12-14)26-7-9-27(10-8-26)21(29)16-11-15(28(30)31)4-5-17(16)22/h3-6,11-13H,7-10H2,1-2H3. The van der Waals surface area contributed by atoms with Crippen molar-refractivity contribution >= 4 is 29.0 Å². The molecule has 32 heavy (non-hydrogen) atoms. The van der Waals surface area contributed by atoms with Gasteiger partial charge in [0.05, 0.1) is 15.5 Å². The van der Waals surface area contributed by atoms with Crippen molar-refractivity contribution in [1.82, 2.24) is 20.0 Å². The number of nitrogens with zero attached hydrogens (tertiary/aromatic N) is 6. The highest BCUT2D eigenvalue weighted by atomic mass is 35.5. The zero-order chi connectivity index (χ0) is 22.8. The van der Waals surface area contributed by atoms with Crippen LogP contribution in [-0.2, 0) is 0 Å². The van der Waals surface area contributed by atoms with Gasteiger partial charge in [0.25, 0.3) is 11.6 Å². The Balaban J connectivity index is 1.41. The van der Waals surface area contributed by atoms with Gasteiger partial charge in [0.2, 0.25) is 11.7 Å². The molecule has 1 aromatic carbocycles. The molecule has 0 radical (unpaired) electrons. The van der Waals surface area contributed by atoms with Crippen molar-refractivity contribution in [3.05, 3.63) is 63.1 Å². The van der Waals surface area contributed by atoms with E-state index in [9.17, 15) is 14.9 Å². The summed E-state index contributed by atoms with van der Waals surface area (Å²) in [4.78, 5) is 35.9. The molecule has 0 atom stereocenters. The minimum atomic E-state index is -0.543. The molecule has 2 aromatic heterocycles. The number of carbonyl (C=O) groups is 1. The van der Waals surface area contributed by atoms with Gasteiger partial charge in [0, 0.05) is 56.0 Å². The second-order valence-corrected chi connectivity index (χ2v) is 8.12. The fourth-order valence-electron chi connectivity index (χ4n) is 3.39. The average Bonchev–Trinajstić information content (AvgIpc) is 3.30. The van der Waals surface area contributed by atoms with Gasteiger partial charge in [-0.05, 0) is 18.2 Å². The number of piperazine rings is 1. The van der Waals surface area contributed by atoms with Crippen LogP contribution in [0.25, 0.3) is 11.4 Å². The van der Waals surface area contributed by atoms with Crippen molar-refractivity contribution < 1.29 is 14.2 Å². The van der Waals surface area contributed by atoms with Gasteiger partial charge in [-0.25, -0.2) is 4.98 Å². The van der Waals surface area contributed by atoms with E-state index < -0.39 is 4.92 Å². The normalized spacial score (nSPS) is 14.1. The van der Waals surface area contributed by atoms with Crippen LogP contribution < -0.4 is 4.90 Å². The molecule has 1 saturated heterocycles. The van der Waals surface area contributed by atoms with Crippen molar-refractivity contribution in [2.75, 3.05) is 31.1 Å². The lowest BCUT2D eigenvalue weighted by Gasteiger charge is -2.35. The number of hydrogen-bond donors (Lipinski definition) is 0. The van der Waals surface area contributed by atoms with Crippen molar-refractivity contribution in [2.45, 2.75) is 19.8 Å². The number of benzene rings is 1. The molecule has 0 N–H and O–H groups in total. The summed E-state index contributed by atoms with van der Waals surface area (Å²) in [6, 6.07) is 7.65. The molecule has 1 aliphatic heterocycles. The number of nitro benzene ring substituents is 1. The quantitative estimate of drug-likeness (QED) is 0.420. The molecule has 166 valence electrons. The van der Waals surface area contributed by atoms with E-state index >= 15 is 0 Å². The highest BCUT2D eigenvalue weighted by molar-refractivity contribution is 6.33. The first-order valence-electron chi connectivity index (χ1n) is 10.1. The third kappa shape index (κ3) is 4.40. The maximum absolute atomic E-state index is 12.9. The second-order valence-electron chi connectivity index (χ2n) is 7.72. The lowest BCUT2D eigenvalue weighted by atomic mass is 10.1. The van der Waals surface area contributed by atoms with Crippen molar-refractivity contribution in [3.63, 3.8) is 0 Å². The molecule has 10 nitrogen and oxygen atoms in total. The molecule has 0 bridgehead atoms. The van der Waals surface area contributed by atoms with Crippen molar-refractivity contribution in [2.24, 2.45) is 0 Å². The Morgan fingerprint density at radius 3 is 2.53 bits per heavy atom. The van der Waals surface area contributed by atoms with Crippen LogP contribution >= 0.6 is 11.6 Å². The van der Waals surface area contributed by atoms with Gasteiger partial charge >= 0.3 is 0 Å². The summed E-state index contributed by atoms with van der Waals surface area (Å²) in [5.74, 6) is 1.69. The summed E-state index contributed by atoms with van der Waals surface area (Å²) in [5.41, 5.74) is 0.735. The highest BCUT2D eigenvalue weighted by Gasteiger charge is 2.26. The van der Waals surface area contributed by atoms with Crippen LogP contribution in [0.5, 0.6) is 0 Å². The van der Waals surface area contributed by atoms with Crippen LogP contribution in [0.2, 0.25) is 5.02 Å². The molecule has 1 aliphatic rings. The molecular weight excluding hydrogens is 436 g/mol. The number of anilines is 1. The Hall–Kier alpha value is -3.53. The molecule has 1 fully saturated rings. The van der Waals surface area contributed by atoms with E-state index in [2.05, 4.69) is 20.0 Å². The van der Waals surface area contributed by atoms with Gasteiger partial charge in [-0.15, -0.1) is 0 Å². The average molecular weight is 457 g/mol. The van der Waals surface area contributed by atoms with E-state index in [1.54, 1.807) is 11.1 Å². The van der Waals surface area contributed by atoms with Gasteiger partial charge in [-0.2, -0.15) is 4.98 Å². The van der Waals surface area contributed by atoms with Crippen LogP contribution in [0.15, 0.2) is 41.1 Å². The van der Waals surface area contributed by atoms with Crippen LogP contribution in [0, 0.1) is 10.1 Å². The summed E-state index contributed by atoms with van der Waals surface area (Å²) >= 11 is 6.12. The Labute approximate surface area is 189 Å². The van der Waals surface area contributed by atoms with Crippen LogP contribution in [0.4, 0.5) is 11.5 Å². The predicted octanol–water partition coefficient (Wildman–Crippen LogP) is 3.78. The number of hydrogen-bond acceptors (Lipinski definition) is 8. The lowest BCUT2D eigenvalue weighted by Crippen LogP contribution is -2.49. The topological polar surface area (TPSA) is 118 Å². The molecule has 4 rings (SSSR count). The smallest absolute Gasteiger partial charge is 0.270 e. The molecule has 11 heteroatoms. The van der Waals surface area contributed by atoms with Crippen LogP contribution in [0.3, 0.4) is 0 Å².